The number of rotatable bonds is 0. The topological polar surface area (TPSA) is 12.9 Å². The molecule has 1 heterocycles. The molecule has 0 amide bonds. The van der Waals surface area contributed by atoms with Gasteiger partial charge in [-0.25, -0.2) is 4.98 Å². The fourth-order valence-electron chi connectivity index (χ4n) is 1.92. The molecule has 0 spiro atoms. The summed E-state index contributed by atoms with van der Waals surface area (Å²) in [5, 5.41) is 3.03. The number of hydrogen-bond donors (Lipinski definition) is 0. The molecule has 0 atom stereocenters. The summed E-state index contributed by atoms with van der Waals surface area (Å²) in [6, 6.07) is 14.2. The maximum Gasteiger partial charge on any atom is 0.0724 e. The fraction of sp³-hybridized carbons (Fsp3) is 0.0714. The zero-order valence-corrected chi connectivity index (χ0v) is 9.62. The van der Waals surface area contributed by atoms with Gasteiger partial charge in [-0.2, -0.15) is 0 Å². The highest BCUT2D eigenvalue weighted by Gasteiger charge is 2.00. The molecule has 1 nitrogen and oxygen atoms in total. The zero-order valence-electron chi connectivity index (χ0n) is 8.87. The lowest BCUT2D eigenvalue weighted by Gasteiger charge is -2.02. The molecule has 0 saturated heterocycles. The summed E-state index contributed by atoms with van der Waals surface area (Å²) in [4.78, 5) is 4.60. The van der Waals surface area contributed by atoms with Gasteiger partial charge in [0.25, 0.3) is 0 Å². The smallest absolute Gasteiger partial charge is 0.0724 e. The third-order valence-electron chi connectivity index (χ3n) is 2.73. The molecule has 0 aliphatic heterocycles. The van der Waals surface area contributed by atoms with E-state index in [0.717, 1.165) is 21.4 Å². The number of aryl methyl sites for hydroxylation is 1. The normalized spacial score (nSPS) is 11.1. The molecule has 2 aromatic carbocycles. The Balaban J connectivity index is 2.44. The summed E-state index contributed by atoms with van der Waals surface area (Å²) in [5.74, 6) is 0. The fourth-order valence-corrected chi connectivity index (χ4v) is 2.09. The van der Waals surface area contributed by atoms with Gasteiger partial charge in [0.15, 0.2) is 0 Å². The van der Waals surface area contributed by atoms with Crippen molar-refractivity contribution in [2.75, 3.05) is 0 Å². The summed E-state index contributed by atoms with van der Waals surface area (Å²) in [5.41, 5.74) is 3.21. The third kappa shape index (κ3) is 1.54. The average Bonchev–Trinajstić information content (AvgIpc) is 2.26. The predicted octanol–water partition coefficient (Wildman–Crippen LogP) is 4.35. The van der Waals surface area contributed by atoms with Crippen molar-refractivity contribution in [3.8, 4) is 0 Å². The zero-order chi connectivity index (χ0) is 11.1. The predicted molar refractivity (Wildman–Crippen MR) is 69.0 cm³/mol. The lowest BCUT2D eigenvalue weighted by molar-refractivity contribution is 1.45. The van der Waals surface area contributed by atoms with Gasteiger partial charge in [-0.1, -0.05) is 29.3 Å². The van der Waals surface area contributed by atoms with Gasteiger partial charge in [0.2, 0.25) is 0 Å². The van der Waals surface area contributed by atoms with Crippen molar-refractivity contribution < 1.29 is 0 Å². The van der Waals surface area contributed by atoms with Crippen molar-refractivity contribution in [2.24, 2.45) is 0 Å². The van der Waals surface area contributed by atoms with Crippen molar-refractivity contribution in [1.29, 1.82) is 0 Å². The van der Waals surface area contributed by atoms with Crippen molar-refractivity contribution in [1.82, 2.24) is 4.98 Å². The number of nitrogens with zero attached hydrogens (tertiary/aromatic N) is 1. The largest absolute Gasteiger partial charge is 0.248 e. The Morgan fingerprint density at radius 2 is 1.75 bits per heavy atom. The van der Waals surface area contributed by atoms with Gasteiger partial charge in [0.05, 0.1) is 11.0 Å². The lowest BCUT2D eigenvalue weighted by atomic mass is 10.1. The number of pyridine rings is 1. The molecule has 0 N–H and O–H groups in total. The van der Waals surface area contributed by atoms with E-state index in [2.05, 4.69) is 30.1 Å². The van der Waals surface area contributed by atoms with Gasteiger partial charge < -0.3 is 0 Å². The lowest BCUT2D eigenvalue weighted by Crippen LogP contribution is -1.83. The van der Waals surface area contributed by atoms with Crippen molar-refractivity contribution in [3.05, 3.63) is 53.1 Å². The summed E-state index contributed by atoms with van der Waals surface area (Å²) >= 11 is 5.96. The molecule has 3 aromatic rings. The van der Waals surface area contributed by atoms with Crippen LogP contribution in [-0.4, -0.2) is 4.98 Å². The summed E-state index contributed by atoms with van der Waals surface area (Å²) in [7, 11) is 0. The highest BCUT2D eigenvalue weighted by atomic mass is 35.5. The quantitative estimate of drug-likeness (QED) is 0.521. The summed E-state index contributed by atoms with van der Waals surface area (Å²) in [6.07, 6.45) is 0. The van der Waals surface area contributed by atoms with E-state index in [4.69, 9.17) is 11.6 Å². The SMILES string of the molecule is Cc1ccc2nc3cc(Cl)ccc3cc2c1. The molecule has 78 valence electrons. The standard InChI is InChI=1S/C14H10ClN/c1-9-2-5-13-11(6-9)7-10-3-4-12(15)8-14(10)16-13/h2-8H,1H3. The van der Waals surface area contributed by atoms with Crippen LogP contribution in [0.1, 0.15) is 5.56 Å². The molecule has 0 unspecified atom stereocenters. The molecule has 0 bridgehead atoms. The van der Waals surface area contributed by atoms with Crippen LogP contribution in [0.3, 0.4) is 0 Å². The molecule has 0 radical (unpaired) electrons. The Morgan fingerprint density at radius 1 is 0.875 bits per heavy atom. The van der Waals surface area contributed by atoms with Gasteiger partial charge in [-0.3, -0.25) is 0 Å². The van der Waals surface area contributed by atoms with E-state index < -0.39 is 0 Å². The van der Waals surface area contributed by atoms with Gasteiger partial charge in [-0.05, 0) is 37.3 Å². The first-order valence-electron chi connectivity index (χ1n) is 5.19. The van der Waals surface area contributed by atoms with Crippen LogP contribution in [-0.2, 0) is 0 Å². The first-order valence-corrected chi connectivity index (χ1v) is 5.57. The highest BCUT2D eigenvalue weighted by molar-refractivity contribution is 6.31. The van der Waals surface area contributed by atoms with Gasteiger partial charge in [0.1, 0.15) is 0 Å². The molecule has 1 aromatic heterocycles. The molecule has 0 fully saturated rings. The van der Waals surface area contributed by atoms with E-state index in [0.29, 0.717) is 0 Å². The minimum atomic E-state index is 0.728. The first kappa shape index (κ1) is 9.61. The van der Waals surface area contributed by atoms with Crippen LogP contribution in [0.2, 0.25) is 5.02 Å². The Labute approximate surface area is 98.7 Å². The van der Waals surface area contributed by atoms with E-state index in [-0.39, 0.29) is 0 Å². The molecule has 3 rings (SSSR count). The van der Waals surface area contributed by atoms with Crippen LogP contribution < -0.4 is 0 Å². The second-order valence-corrected chi connectivity index (χ2v) is 4.46. The third-order valence-corrected chi connectivity index (χ3v) is 2.96. The molecule has 0 aliphatic carbocycles. The molecule has 2 heteroatoms. The second kappa shape index (κ2) is 3.46. The number of aromatic nitrogens is 1. The van der Waals surface area contributed by atoms with Gasteiger partial charge >= 0.3 is 0 Å². The average molecular weight is 228 g/mol. The molecule has 16 heavy (non-hydrogen) atoms. The summed E-state index contributed by atoms with van der Waals surface area (Å²) in [6.45, 7) is 2.09. The number of fused-ring (bicyclic) bond motifs is 2. The second-order valence-electron chi connectivity index (χ2n) is 4.02. The molecule has 0 aliphatic rings. The monoisotopic (exact) mass is 227 g/mol. The van der Waals surface area contributed by atoms with Crippen molar-refractivity contribution >= 4 is 33.4 Å². The number of hydrogen-bond acceptors (Lipinski definition) is 1. The molecule has 0 saturated carbocycles. The van der Waals surface area contributed by atoms with Crippen LogP contribution in [0.15, 0.2) is 42.5 Å². The van der Waals surface area contributed by atoms with Crippen LogP contribution in [0.25, 0.3) is 21.8 Å². The van der Waals surface area contributed by atoms with E-state index in [1.54, 1.807) is 0 Å². The van der Waals surface area contributed by atoms with Crippen LogP contribution >= 0.6 is 11.6 Å². The highest BCUT2D eigenvalue weighted by Crippen LogP contribution is 2.23. The maximum atomic E-state index is 5.96. The van der Waals surface area contributed by atoms with E-state index in [1.807, 2.05) is 24.3 Å². The molecular formula is C14H10ClN. The Kier molecular flexibility index (Phi) is 2.08. The minimum absolute atomic E-state index is 0.728. The minimum Gasteiger partial charge on any atom is -0.248 e. The van der Waals surface area contributed by atoms with Crippen LogP contribution in [0.4, 0.5) is 0 Å². The van der Waals surface area contributed by atoms with Crippen LogP contribution in [0, 0.1) is 6.92 Å². The van der Waals surface area contributed by atoms with E-state index >= 15 is 0 Å². The van der Waals surface area contributed by atoms with Crippen LogP contribution in [0.5, 0.6) is 0 Å². The maximum absolute atomic E-state index is 5.96. The summed E-state index contributed by atoms with van der Waals surface area (Å²) < 4.78 is 0. The number of halogens is 1. The van der Waals surface area contributed by atoms with Crippen molar-refractivity contribution in [3.63, 3.8) is 0 Å². The van der Waals surface area contributed by atoms with Gasteiger partial charge in [0, 0.05) is 15.8 Å². The van der Waals surface area contributed by atoms with E-state index in [1.165, 1.54) is 10.9 Å². The Hall–Kier alpha value is -1.60. The van der Waals surface area contributed by atoms with Gasteiger partial charge in [-0.15, -0.1) is 0 Å². The Bertz CT molecular complexity index is 627. The molecular weight excluding hydrogens is 218 g/mol. The van der Waals surface area contributed by atoms with E-state index in [9.17, 15) is 0 Å². The number of benzene rings is 2. The van der Waals surface area contributed by atoms with Crippen molar-refractivity contribution in [2.45, 2.75) is 6.92 Å². The first-order chi connectivity index (χ1) is 7.72. The Morgan fingerprint density at radius 3 is 2.62 bits per heavy atom.